The minimum Gasteiger partial charge on any atom is -0.271 e. The van der Waals surface area contributed by atoms with Gasteiger partial charge in [-0.15, -0.1) is 10.2 Å². The van der Waals surface area contributed by atoms with E-state index in [1.807, 2.05) is 65.1 Å². The fourth-order valence-electron chi connectivity index (χ4n) is 3.25. The van der Waals surface area contributed by atoms with Crippen LogP contribution in [-0.4, -0.2) is 19.6 Å². The molecule has 4 nitrogen and oxygen atoms in total. The van der Waals surface area contributed by atoms with Crippen molar-refractivity contribution in [1.82, 2.24) is 19.6 Å². The van der Waals surface area contributed by atoms with E-state index in [0.29, 0.717) is 22.2 Å². The van der Waals surface area contributed by atoms with Crippen molar-refractivity contribution in [2.75, 3.05) is 0 Å². The van der Waals surface area contributed by atoms with Crippen molar-refractivity contribution in [3.8, 4) is 11.4 Å². The molecule has 0 fully saturated rings. The number of fused-ring (bicyclic) bond motifs is 3. The molecule has 6 heteroatoms. The second-order valence-corrected chi connectivity index (χ2v) is 7.00. The topological polar surface area (TPSA) is 43.1 Å². The lowest BCUT2D eigenvalue weighted by Gasteiger charge is -2.07. The molecule has 29 heavy (non-hydrogen) atoms. The van der Waals surface area contributed by atoms with E-state index >= 15 is 0 Å². The molecule has 0 spiro atoms. The number of benzene rings is 3. The van der Waals surface area contributed by atoms with Gasteiger partial charge in [-0.3, -0.25) is 4.40 Å². The lowest BCUT2D eigenvalue weighted by molar-refractivity contribution is 0.628. The zero-order chi connectivity index (χ0) is 19.8. The molecular weight excluding hydrogens is 387 g/mol. The van der Waals surface area contributed by atoms with Gasteiger partial charge < -0.3 is 0 Å². The fraction of sp³-hybridized carbons (Fsp3) is 0. The van der Waals surface area contributed by atoms with Crippen LogP contribution >= 0.6 is 11.6 Å². The molecule has 0 aliphatic heterocycles. The summed E-state index contributed by atoms with van der Waals surface area (Å²) in [6.45, 7) is 0. The number of halogens is 2. The highest BCUT2D eigenvalue weighted by Crippen LogP contribution is 2.26. The molecule has 0 unspecified atom stereocenters. The van der Waals surface area contributed by atoms with Gasteiger partial charge in [0.15, 0.2) is 11.5 Å². The molecule has 0 aliphatic carbocycles. The van der Waals surface area contributed by atoms with Crippen molar-refractivity contribution in [2.24, 2.45) is 0 Å². The van der Waals surface area contributed by atoms with Crippen molar-refractivity contribution in [1.29, 1.82) is 0 Å². The van der Waals surface area contributed by atoms with Gasteiger partial charge in [-0.05, 0) is 60.2 Å². The molecule has 140 valence electrons. The summed E-state index contributed by atoms with van der Waals surface area (Å²) in [5.41, 5.74) is 4.85. The molecule has 0 saturated carbocycles. The average molecular weight is 401 g/mol. The Hall–Kier alpha value is -3.57. The number of aromatic nitrogens is 4. The predicted molar refractivity (Wildman–Crippen MR) is 114 cm³/mol. The minimum atomic E-state index is -0.265. The highest BCUT2D eigenvalue weighted by molar-refractivity contribution is 6.30. The van der Waals surface area contributed by atoms with Gasteiger partial charge >= 0.3 is 0 Å². The summed E-state index contributed by atoms with van der Waals surface area (Å²) < 4.78 is 15.2. The van der Waals surface area contributed by atoms with E-state index in [1.165, 1.54) is 12.1 Å². The number of nitrogens with zero attached hydrogens (tertiary/aromatic N) is 4. The molecule has 0 radical (unpaired) electrons. The standard InChI is InChI=1S/C23H14ClFN4/c24-17-10-8-16(9-11-17)22-27-28-23-20(14-7-15-5-12-18(25)13-6-15)26-19-3-1-2-4-21(19)29(22)23/h1-14H/b14-7+. The van der Waals surface area contributed by atoms with E-state index < -0.39 is 0 Å². The molecular formula is C23H14ClFN4. The number of para-hydroxylation sites is 2. The Balaban J connectivity index is 1.72. The SMILES string of the molecule is Fc1ccc(/C=C/c2nc3ccccc3n3c(-c4ccc(Cl)cc4)nnc23)cc1. The smallest absolute Gasteiger partial charge is 0.187 e. The summed E-state index contributed by atoms with van der Waals surface area (Å²) in [5, 5.41) is 9.48. The van der Waals surface area contributed by atoms with Gasteiger partial charge in [0.05, 0.1) is 11.0 Å². The number of hydrogen-bond donors (Lipinski definition) is 0. The molecule has 3 aromatic carbocycles. The van der Waals surface area contributed by atoms with Gasteiger partial charge in [0.2, 0.25) is 0 Å². The van der Waals surface area contributed by atoms with Crippen LogP contribution in [0.15, 0.2) is 72.8 Å². The van der Waals surface area contributed by atoms with Crippen LogP contribution in [0.2, 0.25) is 5.02 Å². The van der Waals surface area contributed by atoms with Gasteiger partial charge in [0.25, 0.3) is 0 Å². The third-order valence-corrected chi connectivity index (χ3v) is 4.91. The third kappa shape index (κ3) is 3.26. The monoisotopic (exact) mass is 400 g/mol. The van der Waals surface area contributed by atoms with Crippen molar-refractivity contribution in [3.63, 3.8) is 0 Å². The Morgan fingerprint density at radius 2 is 1.59 bits per heavy atom. The molecule has 2 aromatic heterocycles. The van der Waals surface area contributed by atoms with Crippen LogP contribution in [0.25, 0.3) is 40.2 Å². The van der Waals surface area contributed by atoms with E-state index in [1.54, 1.807) is 12.1 Å². The maximum absolute atomic E-state index is 13.2. The maximum atomic E-state index is 13.2. The third-order valence-electron chi connectivity index (χ3n) is 4.66. The molecule has 0 atom stereocenters. The highest BCUT2D eigenvalue weighted by atomic mass is 35.5. The van der Waals surface area contributed by atoms with Gasteiger partial charge in [-0.25, -0.2) is 9.37 Å². The van der Waals surface area contributed by atoms with E-state index in [-0.39, 0.29) is 5.82 Å². The summed E-state index contributed by atoms with van der Waals surface area (Å²) in [6.07, 6.45) is 3.75. The van der Waals surface area contributed by atoms with E-state index in [2.05, 4.69) is 10.2 Å². The van der Waals surface area contributed by atoms with Crippen LogP contribution < -0.4 is 0 Å². The zero-order valence-corrected chi connectivity index (χ0v) is 15.9. The molecule has 0 saturated heterocycles. The first-order chi connectivity index (χ1) is 14.2. The molecule has 0 aliphatic rings. The van der Waals surface area contributed by atoms with Crippen LogP contribution in [0.3, 0.4) is 0 Å². The minimum absolute atomic E-state index is 0.265. The second-order valence-electron chi connectivity index (χ2n) is 6.56. The summed E-state index contributed by atoms with van der Waals surface area (Å²) >= 11 is 6.04. The van der Waals surface area contributed by atoms with Crippen LogP contribution in [0.5, 0.6) is 0 Å². The molecule has 2 heterocycles. The number of hydrogen-bond acceptors (Lipinski definition) is 3. The summed E-state index contributed by atoms with van der Waals surface area (Å²) in [6, 6.07) is 21.6. The number of rotatable bonds is 3. The normalized spacial score (nSPS) is 11.7. The van der Waals surface area contributed by atoms with Crippen molar-refractivity contribution in [2.45, 2.75) is 0 Å². The van der Waals surface area contributed by atoms with Crippen molar-refractivity contribution in [3.05, 3.63) is 94.9 Å². The Labute approximate surface area is 170 Å². The van der Waals surface area contributed by atoms with Crippen LogP contribution in [0.4, 0.5) is 4.39 Å². The first-order valence-electron chi connectivity index (χ1n) is 9.02. The van der Waals surface area contributed by atoms with Crippen LogP contribution in [0.1, 0.15) is 11.3 Å². The quantitative estimate of drug-likeness (QED) is 0.378. The molecule has 0 amide bonds. The zero-order valence-electron chi connectivity index (χ0n) is 15.1. The van der Waals surface area contributed by atoms with E-state index in [9.17, 15) is 4.39 Å². The Morgan fingerprint density at radius 3 is 2.38 bits per heavy atom. The molecule has 0 N–H and O–H groups in total. The second kappa shape index (κ2) is 7.11. The van der Waals surface area contributed by atoms with Crippen LogP contribution in [0, 0.1) is 5.82 Å². The Morgan fingerprint density at radius 1 is 0.828 bits per heavy atom. The van der Waals surface area contributed by atoms with Crippen molar-refractivity contribution < 1.29 is 4.39 Å². The maximum Gasteiger partial charge on any atom is 0.187 e. The first-order valence-corrected chi connectivity index (χ1v) is 9.40. The van der Waals surface area contributed by atoms with Gasteiger partial charge in [0, 0.05) is 10.6 Å². The van der Waals surface area contributed by atoms with Crippen LogP contribution in [-0.2, 0) is 0 Å². The summed E-state index contributed by atoms with van der Waals surface area (Å²) in [4.78, 5) is 4.75. The molecule has 0 bridgehead atoms. The average Bonchev–Trinajstić information content (AvgIpc) is 3.19. The largest absolute Gasteiger partial charge is 0.271 e. The first kappa shape index (κ1) is 17.5. The predicted octanol–water partition coefficient (Wildman–Crippen LogP) is 5.91. The van der Waals surface area contributed by atoms with E-state index in [4.69, 9.17) is 16.6 Å². The van der Waals surface area contributed by atoms with Crippen molar-refractivity contribution >= 4 is 40.4 Å². The fourth-order valence-corrected chi connectivity index (χ4v) is 3.38. The molecule has 5 rings (SSSR count). The highest BCUT2D eigenvalue weighted by Gasteiger charge is 2.15. The van der Waals surface area contributed by atoms with Gasteiger partial charge in [-0.1, -0.05) is 41.9 Å². The van der Waals surface area contributed by atoms with Gasteiger partial charge in [-0.2, -0.15) is 0 Å². The lowest BCUT2D eigenvalue weighted by atomic mass is 10.2. The Bertz CT molecular complexity index is 1360. The Kier molecular flexibility index (Phi) is 4.30. The lowest BCUT2D eigenvalue weighted by Crippen LogP contribution is -1.97. The van der Waals surface area contributed by atoms with Gasteiger partial charge in [0.1, 0.15) is 11.5 Å². The van der Waals surface area contributed by atoms with E-state index in [0.717, 1.165) is 22.2 Å². The molecule has 5 aromatic rings. The summed E-state index contributed by atoms with van der Waals surface area (Å²) in [5.74, 6) is 0.449. The summed E-state index contributed by atoms with van der Waals surface area (Å²) in [7, 11) is 0.